The molecule has 0 atom stereocenters. The van der Waals surface area contributed by atoms with Crippen LogP contribution in [-0.4, -0.2) is 32.6 Å². The third kappa shape index (κ3) is 3.32. The topological polar surface area (TPSA) is 115 Å². The summed E-state index contributed by atoms with van der Waals surface area (Å²) in [7, 11) is 3.38. The first kappa shape index (κ1) is 14.4. The van der Waals surface area contributed by atoms with Crippen molar-refractivity contribution in [1.29, 1.82) is 0 Å². The van der Waals surface area contributed by atoms with Crippen molar-refractivity contribution in [3.8, 4) is 0 Å². The number of aromatic nitrogens is 3. The third-order valence-electron chi connectivity index (χ3n) is 2.79. The highest BCUT2D eigenvalue weighted by Crippen LogP contribution is 2.20. The van der Waals surface area contributed by atoms with Crippen LogP contribution in [0.3, 0.4) is 0 Å². The van der Waals surface area contributed by atoms with Crippen LogP contribution in [0.15, 0.2) is 24.7 Å². The standard InChI is InChI=1S/C12H14N6O3/c1-13-11-3-9(10(6-14-11)18(20)21)12(19)15-4-8-5-16-17(2)7-8/h3,5-7H,4H2,1-2H3,(H,13,14)(H,15,19). The fraction of sp³-hybridized carbons (Fsp3) is 0.250. The van der Waals surface area contributed by atoms with Gasteiger partial charge in [-0.3, -0.25) is 19.6 Å². The van der Waals surface area contributed by atoms with E-state index < -0.39 is 10.8 Å². The fourth-order valence-electron chi connectivity index (χ4n) is 1.75. The number of nitrogens with zero attached hydrogens (tertiary/aromatic N) is 4. The van der Waals surface area contributed by atoms with E-state index in [-0.39, 0.29) is 17.8 Å². The average Bonchev–Trinajstić information content (AvgIpc) is 2.89. The summed E-state index contributed by atoms with van der Waals surface area (Å²) in [6.45, 7) is 0.237. The van der Waals surface area contributed by atoms with E-state index in [4.69, 9.17) is 0 Å². The Kier molecular flexibility index (Phi) is 4.12. The predicted octanol–water partition coefficient (Wildman–Crippen LogP) is 0.695. The number of hydrogen-bond acceptors (Lipinski definition) is 6. The summed E-state index contributed by atoms with van der Waals surface area (Å²) in [6.07, 6.45) is 4.42. The van der Waals surface area contributed by atoms with Gasteiger partial charge in [-0.25, -0.2) is 4.98 Å². The van der Waals surface area contributed by atoms with E-state index in [0.29, 0.717) is 5.82 Å². The summed E-state index contributed by atoms with van der Waals surface area (Å²) in [4.78, 5) is 26.3. The molecule has 2 aromatic heterocycles. The van der Waals surface area contributed by atoms with Crippen LogP contribution in [0, 0.1) is 10.1 Å². The van der Waals surface area contributed by atoms with Crippen LogP contribution in [0.4, 0.5) is 11.5 Å². The minimum absolute atomic E-state index is 0.0387. The van der Waals surface area contributed by atoms with Gasteiger partial charge in [-0.1, -0.05) is 0 Å². The second-order valence-electron chi connectivity index (χ2n) is 4.30. The van der Waals surface area contributed by atoms with Gasteiger partial charge in [0.2, 0.25) is 0 Å². The molecular formula is C12H14N6O3. The summed E-state index contributed by atoms with van der Waals surface area (Å²) in [5.41, 5.74) is 0.428. The summed E-state index contributed by atoms with van der Waals surface area (Å²) in [5.74, 6) is -0.156. The van der Waals surface area contributed by atoms with E-state index in [1.807, 2.05) is 0 Å². The van der Waals surface area contributed by atoms with E-state index in [0.717, 1.165) is 11.8 Å². The van der Waals surface area contributed by atoms with Crippen LogP contribution < -0.4 is 10.6 Å². The first-order valence-corrected chi connectivity index (χ1v) is 6.09. The maximum atomic E-state index is 12.1. The van der Waals surface area contributed by atoms with Gasteiger partial charge in [-0.05, 0) is 0 Å². The minimum Gasteiger partial charge on any atom is -0.373 e. The molecule has 0 saturated heterocycles. The lowest BCUT2D eigenvalue weighted by Crippen LogP contribution is -2.23. The Hall–Kier alpha value is -2.97. The molecule has 110 valence electrons. The van der Waals surface area contributed by atoms with Gasteiger partial charge in [0.25, 0.3) is 11.6 Å². The predicted molar refractivity (Wildman–Crippen MR) is 74.8 cm³/mol. The molecule has 0 aliphatic carbocycles. The molecule has 0 radical (unpaired) electrons. The molecule has 0 unspecified atom stereocenters. The quantitative estimate of drug-likeness (QED) is 0.618. The van der Waals surface area contributed by atoms with Crippen LogP contribution in [0.2, 0.25) is 0 Å². The first-order chi connectivity index (χ1) is 10.0. The SMILES string of the molecule is CNc1cc(C(=O)NCc2cnn(C)c2)c([N+](=O)[O-])cn1. The molecule has 0 aliphatic rings. The molecule has 2 N–H and O–H groups in total. The average molecular weight is 290 g/mol. The number of carbonyl (C=O) groups excluding carboxylic acids is 1. The number of nitro groups is 1. The fourth-order valence-corrected chi connectivity index (χ4v) is 1.75. The van der Waals surface area contributed by atoms with Crippen LogP contribution >= 0.6 is 0 Å². The Morgan fingerprint density at radius 3 is 2.81 bits per heavy atom. The smallest absolute Gasteiger partial charge is 0.300 e. The highest BCUT2D eigenvalue weighted by molar-refractivity contribution is 5.98. The molecule has 0 aliphatic heterocycles. The Bertz CT molecular complexity index is 681. The number of rotatable bonds is 5. The molecule has 0 aromatic carbocycles. The van der Waals surface area contributed by atoms with E-state index >= 15 is 0 Å². The van der Waals surface area contributed by atoms with Crippen molar-refractivity contribution in [2.24, 2.45) is 7.05 Å². The second-order valence-corrected chi connectivity index (χ2v) is 4.30. The number of amides is 1. The molecule has 2 rings (SSSR count). The van der Waals surface area contributed by atoms with Gasteiger partial charge >= 0.3 is 0 Å². The Balaban J connectivity index is 2.19. The van der Waals surface area contributed by atoms with Crippen molar-refractivity contribution in [2.75, 3.05) is 12.4 Å². The van der Waals surface area contributed by atoms with Crippen LogP contribution in [0.5, 0.6) is 0 Å². The van der Waals surface area contributed by atoms with E-state index in [1.165, 1.54) is 6.07 Å². The monoisotopic (exact) mass is 290 g/mol. The highest BCUT2D eigenvalue weighted by Gasteiger charge is 2.21. The lowest BCUT2D eigenvalue weighted by atomic mass is 10.2. The minimum atomic E-state index is -0.634. The van der Waals surface area contributed by atoms with Crippen molar-refractivity contribution in [3.63, 3.8) is 0 Å². The summed E-state index contributed by atoms with van der Waals surface area (Å²) in [6, 6.07) is 1.34. The third-order valence-corrected chi connectivity index (χ3v) is 2.79. The second kappa shape index (κ2) is 5.99. The lowest BCUT2D eigenvalue weighted by Gasteiger charge is -2.06. The van der Waals surface area contributed by atoms with Gasteiger partial charge in [0.1, 0.15) is 17.6 Å². The maximum absolute atomic E-state index is 12.1. The zero-order valence-corrected chi connectivity index (χ0v) is 11.5. The maximum Gasteiger partial charge on any atom is 0.300 e. The molecule has 0 saturated carbocycles. The van der Waals surface area contributed by atoms with Crippen molar-refractivity contribution < 1.29 is 9.72 Å². The van der Waals surface area contributed by atoms with E-state index in [1.54, 1.807) is 31.2 Å². The molecule has 0 bridgehead atoms. The van der Waals surface area contributed by atoms with Gasteiger partial charge in [0.05, 0.1) is 11.1 Å². The molecule has 0 fully saturated rings. The lowest BCUT2D eigenvalue weighted by molar-refractivity contribution is -0.385. The molecular weight excluding hydrogens is 276 g/mol. The molecule has 1 amide bonds. The molecule has 0 spiro atoms. The zero-order valence-electron chi connectivity index (χ0n) is 11.5. The zero-order chi connectivity index (χ0) is 15.4. The van der Waals surface area contributed by atoms with E-state index in [2.05, 4.69) is 20.7 Å². The van der Waals surface area contributed by atoms with Gasteiger partial charge in [-0.15, -0.1) is 0 Å². The molecule has 21 heavy (non-hydrogen) atoms. The van der Waals surface area contributed by atoms with Gasteiger partial charge in [0.15, 0.2) is 0 Å². The Labute approximate surface area is 120 Å². The summed E-state index contributed by atoms with van der Waals surface area (Å²) >= 11 is 0. The number of anilines is 1. The number of hydrogen-bond donors (Lipinski definition) is 2. The molecule has 9 heteroatoms. The number of pyridine rings is 1. The largest absolute Gasteiger partial charge is 0.373 e. The van der Waals surface area contributed by atoms with Crippen LogP contribution in [-0.2, 0) is 13.6 Å². The number of aryl methyl sites for hydroxylation is 1. The van der Waals surface area contributed by atoms with Gasteiger partial charge in [-0.2, -0.15) is 5.10 Å². The van der Waals surface area contributed by atoms with Crippen molar-refractivity contribution in [2.45, 2.75) is 6.54 Å². The summed E-state index contributed by atoms with van der Waals surface area (Å²) < 4.78 is 1.61. The normalized spacial score (nSPS) is 10.2. The molecule has 2 aromatic rings. The van der Waals surface area contributed by atoms with Crippen LogP contribution in [0.25, 0.3) is 0 Å². The van der Waals surface area contributed by atoms with E-state index in [9.17, 15) is 14.9 Å². The van der Waals surface area contributed by atoms with Gasteiger partial charge in [0, 0.05) is 38.5 Å². The van der Waals surface area contributed by atoms with Crippen molar-refractivity contribution in [1.82, 2.24) is 20.1 Å². The summed E-state index contributed by atoms with van der Waals surface area (Å²) in [5, 5.41) is 20.3. The van der Waals surface area contributed by atoms with Crippen LogP contribution in [0.1, 0.15) is 15.9 Å². The first-order valence-electron chi connectivity index (χ1n) is 6.09. The van der Waals surface area contributed by atoms with Gasteiger partial charge < -0.3 is 10.6 Å². The number of carbonyl (C=O) groups is 1. The Morgan fingerprint density at radius 1 is 1.48 bits per heavy atom. The Morgan fingerprint density at radius 2 is 2.24 bits per heavy atom. The van der Waals surface area contributed by atoms with Crippen molar-refractivity contribution >= 4 is 17.4 Å². The molecule has 2 heterocycles. The molecule has 9 nitrogen and oxygen atoms in total. The van der Waals surface area contributed by atoms with Crippen molar-refractivity contribution in [3.05, 3.63) is 45.9 Å². The number of nitrogens with one attached hydrogen (secondary N) is 2. The highest BCUT2D eigenvalue weighted by atomic mass is 16.6.